The number of allylic oxidation sites excluding steroid dienone is 1. The van der Waals surface area contributed by atoms with E-state index in [1.807, 2.05) is 34.6 Å². The molecule has 0 radical (unpaired) electrons. The summed E-state index contributed by atoms with van der Waals surface area (Å²) in [6, 6.07) is 8.62. The molecule has 0 spiro atoms. The number of nitrogens with zero attached hydrogens (tertiary/aromatic N) is 3. The molecule has 0 saturated heterocycles. The summed E-state index contributed by atoms with van der Waals surface area (Å²) in [7, 11) is 3.12. The van der Waals surface area contributed by atoms with Gasteiger partial charge in [-0.1, -0.05) is 30.0 Å². The van der Waals surface area contributed by atoms with Gasteiger partial charge in [-0.3, -0.25) is 9.78 Å². The zero-order chi connectivity index (χ0) is 26.5. The van der Waals surface area contributed by atoms with Gasteiger partial charge >= 0.3 is 5.97 Å². The number of amides is 1. The Labute approximate surface area is 220 Å². The van der Waals surface area contributed by atoms with Crippen LogP contribution in [0.25, 0.3) is 0 Å². The molecule has 0 aliphatic carbocycles. The maximum Gasteiger partial charge on any atom is 0.338 e. The van der Waals surface area contributed by atoms with Crippen molar-refractivity contribution >= 4 is 28.8 Å². The van der Waals surface area contributed by atoms with Crippen molar-refractivity contribution in [1.82, 2.24) is 15.2 Å². The largest absolute Gasteiger partial charge is 0.493 e. The molecule has 1 aromatic heterocycles. The van der Waals surface area contributed by atoms with E-state index in [2.05, 4.69) is 10.3 Å². The van der Waals surface area contributed by atoms with Crippen molar-refractivity contribution in [2.45, 2.75) is 45.9 Å². The second-order valence-electron chi connectivity index (χ2n) is 8.74. The highest BCUT2D eigenvalue weighted by Crippen LogP contribution is 2.48. The summed E-state index contributed by atoms with van der Waals surface area (Å²) in [6.07, 6.45) is 3.19. The van der Waals surface area contributed by atoms with Crippen LogP contribution in [0, 0.1) is 0 Å². The number of rotatable bonds is 9. The van der Waals surface area contributed by atoms with Gasteiger partial charge < -0.3 is 24.4 Å². The van der Waals surface area contributed by atoms with Crippen molar-refractivity contribution in [2.75, 3.05) is 14.2 Å². The maximum absolute atomic E-state index is 13.4. The van der Waals surface area contributed by atoms with Gasteiger partial charge in [-0.25, -0.2) is 9.79 Å². The van der Waals surface area contributed by atoms with Crippen molar-refractivity contribution < 1.29 is 23.8 Å². The van der Waals surface area contributed by atoms with Gasteiger partial charge in [0.15, 0.2) is 16.7 Å². The third kappa shape index (κ3) is 5.64. The Morgan fingerprint density at radius 2 is 1.97 bits per heavy atom. The summed E-state index contributed by atoms with van der Waals surface area (Å²) in [5, 5.41) is 5.51. The Morgan fingerprint density at radius 3 is 2.65 bits per heavy atom. The second kappa shape index (κ2) is 11.5. The van der Waals surface area contributed by atoms with E-state index in [9.17, 15) is 9.59 Å². The minimum absolute atomic E-state index is 0.0978. The number of ether oxygens (including phenoxy) is 3. The Balaban J connectivity index is 1.70. The molecule has 4 rings (SSSR count). The summed E-state index contributed by atoms with van der Waals surface area (Å²) >= 11 is 1.41. The van der Waals surface area contributed by atoms with Crippen LogP contribution in [-0.4, -0.2) is 47.3 Å². The lowest BCUT2D eigenvalue weighted by molar-refractivity contribution is -0.143. The fraction of sp³-hybridized carbons (Fsp3) is 0.333. The van der Waals surface area contributed by atoms with Gasteiger partial charge in [0.1, 0.15) is 0 Å². The lowest BCUT2D eigenvalue weighted by atomic mass is 9.92. The molecule has 37 heavy (non-hydrogen) atoms. The van der Waals surface area contributed by atoms with Crippen molar-refractivity contribution in [2.24, 2.45) is 4.99 Å². The molecule has 1 amide bonds. The van der Waals surface area contributed by atoms with Crippen molar-refractivity contribution in [3.05, 3.63) is 76.2 Å². The fourth-order valence-electron chi connectivity index (χ4n) is 4.26. The molecule has 9 nitrogen and oxygen atoms in total. The van der Waals surface area contributed by atoms with Gasteiger partial charge in [0.2, 0.25) is 5.91 Å². The Kier molecular flexibility index (Phi) is 8.17. The summed E-state index contributed by atoms with van der Waals surface area (Å²) in [5.41, 5.74) is 3.25. The topological polar surface area (TPSA) is 102 Å². The molecule has 1 atom stereocenters. The normalized spacial score (nSPS) is 16.7. The number of esters is 1. The van der Waals surface area contributed by atoms with E-state index in [0.29, 0.717) is 45.7 Å². The van der Waals surface area contributed by atoms with E-state index in [0.717, 1.165) is 5.56 Å². The Morgan fingerprint density at radius 1 is 1.16 bits per heavy atom. The van der Waals surface area contributed by atoms with E-state index in [-0.39, 0.29) is 18.4 Å². The molecule has 2 aromatic rings. The van der Waals surface area contributed by atoms with E-state index in [1.54, 1.807) is 53.5 Å². The van der Waals surface area contributed by atoms with Gasteiger partial charge in [0.05, 0.1) is 44.1 Å². The van der Waals surface area contributed by atoms with Crippen LogP contribution in [0.4, 0.5) is 0 Å². The molecule has 0 fully saturated rings. The quantitative estimate of drug-likeness (QED) is 0.486. The molecule has 2 aliphatic rings. The first-order valence-corrected chi connectivity index (χ1v) is 12.7. The molecule has 1 aromatic carbocycles. The van der Waals surface area contributed by atoms with Crippen LogP contribution in [0.3, 0.4) is 0 Å². The first kappa shape index (κ1) is 26.3. The van der Waals surface area contributed by atoms with Gasteiger partial charge in [-0.2, -0.15) is 0 Å². The molecule has 2 aliphatic heterocycles. The number of nitrogens with one attached hydrogen (secondary N) is 1. The van der Waals surface area contributed by atoms with E-state index in [1.165, 1.54) is 11.8 Å². The molecular weight excluding hydrogens is 492 g/mol. The summed E-state index contributed by atoms with van der Waals surface area (Å²) in [4.78, 5) is 37.0. The highest BCUT2D eigenvalue weighted by molar-refractivity contribution is 8.16. The molecule has 3 heterocycles. The maximum atomic E-state index is 13.4. The number of pyridine rings is 1. The van der Waals surface area contributed by atoms with Crippen molar-refractivity contribution in [3.63, 3.8) is 0 Å². The number of hydrogen-bond acceptors (Lipinski definition) is 9. The highest BCUT2D eigenvalue weighted by Gasteiger charge is 2.43. The summed E-state index contributed by atoms with van der Waals surface area (Å²) in [5.74, 6) is 0.398. The predicted molar refractivity (Wildman–Crippen MR) is 142 cm³/mol. The second-order valence-corrected chi connectivity index (χ2v) is 9.58. The number of fused-ring (bicyclic) bond motifs is 1. The third-order valence-electron chi connectivity index (χ3n) is 5.85. The molecule has 194 valence electrons. The average Bonchev–Trinajstić information content (AvgIpc) is 3.27. The number of hydrogen-bond donors (Lipinski definition) is 1. The van der Waals surface area contributed by atoms with Crippen LogP contribution in [-0.2, 0) is 20.9 Å². The minimum Gasteiger partial charge on any atom is -0.493 e. The summed E-state index contributed by atoms with van der Waals surface area (Å²) in [6.45, 7) is 5.76. The van der Waals surface area contributed by atoms with Crippen molar-refractivity contribution in [1.29, 1.82) is 0 Å². The van der Waals surface area contributed by atoms with Crippen LogP contribution in [0.2, 0.25) is 0 Å². The smallest absolute Gasteiger partial charge is 0.338 e. The van der Waals surface area contributed by atoms with Crippen LogP contribution >= 0.6 is 11.8 Å². The van der Waals surface area contributed by atoms with E-state index < -0.39 is 12.0 Å². The van der Waals surface area contributed by atoms with Gasteiger partial charge in [0.25, 0.3) is 0 Å². The lowest BCUT2D eigenvalue weighted by Gasteiger charge is -2.37. The predicted octanol–water partition coefficient (Wildman–Crippen LogP) is 4.33. The zero-order valence-corrected chi connectivity index (χ0v) is 22.3. The van der Waals surface area contributed by atoms with Crippen LogP contribution < -0.4 is 14.8 Å². The Bertz CT molecular complexity index is 1270. The molecule has 10 heteroatoms. The number of aromatic nitrogens is 1. The van der Waals surface area contributed by atoms with Crippen LogP contribution in [0.15, 0.2) is 70.1 Å². The molecule has 0 saturated carbocycles. The SMILES string of the molecule is COc1cccc(C2C(C(=O)OC(C)C)=C(C)N=C3SC=C(CC(=O)NCc4cccnc4)N32)c1OC. The molecule has 1 unspecified atom stereocenters. The van der Waals surface area contributed by atoms with Crippen molar-refractivity contribution in [3.8, 4) is 11.5 Å². The first-order chi connectivity index (χ1) is 17.8. The monoisotopic (exact) mass is 522 g/mol. The number of amidine groups is 1. The number of para-hydroxylation sites is 1. The van der Waals surface area contributed by atoms with E-state index in [4.69, 9.17) is 19.2 Å². The minimum atomic E-state index is -0.629. The Hall–Kier alpha value is -3.79. The zero-order valence-electron chi connectivity index (χ0n) is 21.5. The third-order valence-corrected chi connectivity index (χ3v) is 6.73. The highest BCUT2D eigenvalue weighted by atomic mass is 32.2. The number of thioether (sulfide) groups is 1. The van der Waals surface area contributed by atoms with Crippen LogP contribution in [0.5, 0.6) is 11.5 Å². The number of aliphatic imine (C=N–C) groups is 1. The van der Waals surface area contributed by atoms with Gasteiger partial charge in [-0.15, -0.1) is 0 Å². The van der Waals surface area contributed by atoms with Gasteiger partial charge in [0, 0.05) is 30.2 Å². The van der Waals surface area contributed by atoms with Gasteiger partial charge in [-0.05, 0) is 43.9 Å². The lowest BCUT2D eigenvalue weighted by Crippen LogP contribution is -2.38. The number of carbonyl (C=O) groups excluding carboxylic acids is 2. The molecule has 0 bridgehead atoms. The summed E-state index contributed by atoms with van der Waals surface area (Å²) < 4.78 is 16.9. The first-order valence-electron chi connectivity index (χ1n) is 11.9. The van der Waals surface area contributed by atoms with E-state index >= 15 is 0 Å². The van der Waals surface area contributed by atoms with Crippen LogP contribution in [0.1, 0.15) is 44.4 Å². The number of carbonyl (C=O) groups is 2. The standard InChI is InChI=1S/C27H30N4O5S/c1-16(2)36-26(33)23-17(3)30-27-31(24(23)20-9-6-10-21(34-4)25(20)35-5)19(15-37-27)12-22(32)29-14-18-8-7-11-28-13-18/h6-11,13,15-16,24H,12,14H2,1-5H3,(H,29,32). The number of methoxy groups -OCH3 is 2. The molecule has 1 N–H and O–H groups in total. The fourth-order valence-corrected chi connectivity index (χ4v) is 5.22. The average molecular weight is 523 g/mol. The molecular formula is C27H30N4O5S. The number of benzene rings is 1.